The highest BCUT2D eigenvalue weighted by Gasteiger charge is 2.17. The van der Waals surface area contributed by atoms with Gasteiger partial charge in [-0.1, -0.05) is 6.92 Å². The lowest BCUT2D eigenvalue weighted by atomic mass is 10.1. The van der Waals surface area contributed by atoms with E-state index in [1.165, 1.54) is 18.3 Å². The molecule has 0 saturated carbocycles. The molecule has 0 radical (unpaired) electrons. The fourth-order valence-corrected chi connectivity index (χ4v) is 2.58. The Morgan fingerprint density at radius 2 is 1.84 bits per heavy atom. The van der Waals surface area contributed by atoms with E-state index in [-0.39, 0.29) is 11.7 Å². The van der Waals surface area contributed by atoms with E-state index in [1.807, 2.05) is 6.92 Å². The van der Waals surface area contributed by atoms with Gasteiger partial charge in [-0.15, -0.1) is 0 Å². The van der Waals surface area contributed by atoms with Gasteiger partial charge >= 0.3 is 0 Å². The number of amides is 1. The number of carbonyl (C=O) groups excluding carboxylic acids is 1. The molecule has 128 valence electrons. The first-order valence-corrected chi connectivity index (χ1v) is 7.90. The molecule has 1 aromatic heterocycles. The third-order valence-electron chi connectivity index (χ3n) is 3.87. The zero-order valence-electron chi connectivity index (χ0n) is 14.0. The van der Waals surface area contributed by atoms with Gasteiger partial charge in [0.15, 0.2) is 0 Å². The molecule has 3 rings (SSSR count). The fourth-order valence-electron chi connectivity index (χ4n) is 2.58. The number of carbonyl (C=O) groups is 1. The van der Waals surface area contributed by atoms with Gasteiger partial charge in [0.1, 0.15) is 11.6 Å². The van der Waals surface area contributed by atoms with E-state index in [1.54, 1.807) is 48.2 Å². The van der Waals surface area contributed by atoms with Crippen LogP contribution in [0.1, 0.15) is 23.0 Å². The first-order chi connectivity index (χ1) is 12.1. The maximum atomic E-state index is 13.1. The van der Waals surface area contributed by atoms with Gasteiger partial charge in [-0.2, -0.15) is 5.10 Å². The third kappa shape index (κ3) is 3.52. The van der Waals surface area contributed by atoms with Crippen molar-refractivity contribution in [3.8, 4) is 11.4 Å². The lowest BCUT2D eigenvalue weighted by Crippen LogP contribution is -2.14. The lowest BCUT2D eigenvalue weighted by molar-refractivity contribution is 0.102. The Bertz CT molecular complexity index is 871. The molecule has 0 bridgehead atoms. The number of methoxy groups -OCH3 is 1. The maximum Gasteiger partial charge on any atom is 0.259 e. The van der Waals surface area contributed by atoms with Gasteiger partial charge in [0, 0.05) is 5.69 Å². The molecule has 0 atom stereocenters. The van der Waals surface area contributed by atoms with Crippen LogP contribution in [0, 0.1) is 5.82 Å². The van der Waals surface area contributed by atoms with Gasteiger partial charge < -0.3 is 10.1 Å². The summed E-state index contributed by atoms with van der Waals surface area (Å²) in [5, 5.41) is 7.14. The molecule has 0 unspecified atom stereocenters. The third-order valence-corrected chi connectivity index (χ3v) is 3.87. The Morgan fingerprint density at radius 1 is 1.16 bits per heavy atom. The van der Waals surface area contributed by atoms with Crippen molar-refractivity contribution in [2.45, 2.75) is 13.3 Å². The molecule has 0 aliphatic carbocycles. The van der Waals surface area contributed by atoms with E-state index in [4.69, 9.17) is 4.74 Å². The number of halogens is 1. The van der Waals surface area contributed by atoms with E-state index >= 15 is 0 Å². The standard InChI is InChI=1S/C19H18FN3O2/c1-3-18-17(12-21-23(18)15-8-4-13(20)5-9-15)19(24)22-14-6-10-16(25-2)11-7-14/h4-12H,3H2,1-2H3,(H,22,24). The van der Waals surface area contributed by atoms with E-state index in [9.17, 15) is 9.18 Å². The van der Waals surface area contributed by atoms with Gasteiger partial charge in [-0.25, -0.2) is 9.07 Å². The average Bonchev–Trinajstić information content (AvgIpc) is 3.07. The summed E-state index contributed by atoms with van der Waals surface area (Å²) in [6, 6.07) is 13.1. The van der Waals surface area contributed by atoms with Crippen LogP contribution in [0.5, 0.6) is 5.75 Å². The molecule has 0 aliphatic rings. The second-order valence-electron chi connectivity index (χ2n) is 5.43. The van der Waals surface area contributed by atoms with Gasteiger partial charge in [-0.3, -0.25) is 4.79 Å². The van der Waals surface area contributed by atoms with Crippen molar-refractivity contribution in [1.29, 1.82) is 0 Å². The van der Waals surface area contributed by atoms with Gasteiger partial charge in [0.05, 0.1) is 30.3 Å². The number of ether oxygens (including phenoxy) is 1. The smallest absolute Gasteiger partial charge is 0.259 e. The van der Waals surface area contributed by atoms with Crippen LogP contribution < -0.4 is 10.1 Å². The van der Waals surface area contributed by atoms with Crippen molar-refractivity contribution in [3.63, 3.8) is 0 Å². The average molecular weight is 339 g/mol. The predicted octanol–water partition coefficient (Wildman–Crippen LogP) is 3.83. The summed E-state index contributed by atoms with van der Waals surface area (Å²) in [5.41, 5.74) is 2.63. The number of rotatable bonds is 5. The molecule has 3 aromatic rings. The van der Waals surface area contributed by atoms with E-state index in [0.717, 1.165) is 11.4 Å². The van der Waals surface area contributed by atoms with Gasteiger partial charge in [0.25, 0.3) is 5.91 Å². The molecular weight excluding hydrogens is 321 g/mol. The zero-order valence-corrected chi connectivity index (χ0v) is 14.0. The van der Waals surface area contributed by atoms with Crippen LogP contribution in [0.15, 0.2) is 54.7 Å². The Kier molecular flexibility index (Phi) is 4.79. The van der Waals surface area contributed by atoms with Crippen LogP contribution in [0.25, 0.3) is 5.69 Å². The van der Waals surface area contributed by atoms with Gasteiger partial charge in [0.2, 0.25) is 0 Å². The molecule has 1 amide bonds. The van der Waals surface area contributed by atoms with Crippen molar-refractivity contribution >= 4 is 11.6 Å². The van der Waals surface area contributed by atoms with Crippen molar-refractivity contribution in [1.82, 2.24) is 9.78 Å². The quantitative estimate of drug-likeness (QED) is 0.768. The molecule has 1 N–H and O–H groups in total. The van der Waals surface area contributed by atoms with Crippen LogP contribution in [0.4, 0.5) is 10.1 Å². The summed E-state index contributed by atoms with van der Waals surface area (Å²) in [5.74, 6) is 0.165. The van der Waals surface area contributed by atoms with Crippen LogP contribution in [0.2, 0.25) is 0 Å². The van der Waals surface area contributed by atoms with Crippen molar-refractivity contribution < 1.29 is 13.9 Å². The summed E-state index contributed by atoms with van der Waals surface area (Å²) in [4.78, 5) is 12.6. The number of anilines is 1. The van der Waals surface area contributed by atoms with E-state index in [2.05, 4.69) is 10.4 Å². The first-order valence-electron chi connectivity index (χ1n) is 7.90. The minimum absolute atomic E-state index is 0.240. The fraction of sp³-hybridized carbons (Fsp3) is 0.158. The van der Waals surface area contributed by atoms with Crippen molar-refractivity contribution in [3.05, 3.63) is 71.8 Å². The number of aromatic nitrogens is 2. The topological polar surface area (TPSA) is 56.1 Å². The van der Waals surface area contributed by atoms with Crippen LogP contribution in [-0.4, -0.2) is 22.8 Å². The van der Waals surface area contributed by atoms with Gasteiger partial charge in [-0.05, 0) is 55.0 Å². The molecule has 6 heteroatoms. The largest absolute Gasteiger partial charge is 0.497 e. The minimum Gasteiger partial charge on any atom is -0.497 e. The van der Waals surface area contributed by atoms with Crippen molar-refractivity contribution in [2.75, 3.05) is 12.4 Å². The van der Waals surface area contributed by atoms with Crippen molar-refractivity contribution in [2.24, 2.45) is 0 Å². The molecule has 25 heavy (non-hydrogen) atoms. The Balaban J connectivity index is 1.86. The summed E-state index contributed by atoms with van der Waals surface area (Å²) in [7, 11) is 1.59. The van der Waals surface area contributed by atoms with E-state index < -0.39 is 0 Å². The number of hydrogen-bond acceptors (Lipinski definition) is 3. The molecule has 1 heterocycles. The highest BCUT2D eigenvalue weighted by atomic mass is 19.1. The Labute approximate surface area is 145 Å². The number of hydrogen-bond donors (Lipinski definition) is 1. The highest BCUT2D eigenvalue weighted by molar-refractivity contribution is 6.05. The second kappa shape index (κ2) is 7.17. The monoisotopic (exact) mass is 339 g/mol. The minimum atomic E-state index is -0.313. The molecule has 0 fully saturated rings. The summed E-state index contributed by atoms with van der Waals surface area (Å²) in [6.07, 6.45) is 2.14. The molecule has 2 aromatic carbocycles. The molecule has 0 saturated heterocycles. The predicted molar refractivity (Wildman–Crippen MR) is 93.8 cm³/mol. The number of nitrogens with one attached hydrogen (secondary N) is 1. The second-order valence-corrected chi connectivity index (χ2v) is 5.43. The molecular formula is C19H18FN3O2. The molecule has 0 aliphatic heterocycles. The summed E-state index contributed by atoms with van der Waals surface area (Å²) >= 11 is 0. The number of nitrogens with zero attached hydrogens (tertiary/aromatic N) is 2. The SMILES string of the molecule is CCc1c(C(=O)Nc2ccc(OC)cc2)cnn1-c1ccc(F)cc1. The zero-order chi connectivity index (χ0) is 17.8. The Morgan fingerprint density at radius 3 is 2.44 bits per heavy atom. The maximum absolute atomic E-state index is 13.1. The van der Waals surface area contributed by atoms with E-state index in [0.29, 0.717) is 23.4 Å². The Hall–Kier alpha value is -3.15. The summed E-state index contributed by atoms with van der Waals surface area (Å²) in [6.45, 7) is 1.95. The molecule has 0 spiro atoms. The number of benzene rings is 2. The normalized spacial score (nSPS) is 10.5. The van der Waals surface area contributed by atoms with Crippen LogP contribution >= 0.6 is 0 Å². The first kappa shape index (κ1) is 16.7. The highest BCUT2D eigenvalue weighted by Crippen LogP contribution is 2.19. The van der Waals surface area contributed by atoms with Crippen LogP contribution in [0.3, 0.4) is 0 Å². The molecule has 5 nitrogen and oxygen atoms in total. The summed E-state index contributed by atoms with van der Waals surface area (Å²) < 4.78 is 19.9. The lowest BCUT2D eigenvalue weighted by Gasteiger charge is -2.09. The van der Waals surface area contributed by atoms with Crippen LogP contribution in [-0.2, 0) is 6.42 Å².